The molecule has 0 spiro atoms. The Morgan fingerprint density at radius 2 is 1.25 bits per heavy atom. The molecule has 234 valence electrons. The van der Waals surface area contributed by atoms with Gasteiger partial charge in [0.05, 0.1) is 6.61 Å². The Labute approximate surface area is 243 Å². The van der Waals surface area contributed by atoms with Crippen LogP contribution in [0.3, 0.4) is 0 Å². The van der Waals surface area contributed by atoms with Crippen LogP contribution in [0.15, 0.2) is 0 Å². The maximum Gasteiger partial charge on any atom is 0.245 e. The molecule has 0 aromatic carbocycles. The van der Waals surface area contributed by atoms with Crippen LogP contribution in [0.25, 0.3) is 0 Å². The molecule has 1 aliphatic rings. The van der Waals surface area contributed by atoms with Crippen LogP contribution >= 0.6 is 0 Å². The molecule has 0 unspecified atom stereocenters. The van der Waals surface area contributed by atoms with Gasteiger partial charge in [-0.05, 0) is 64.0 Å². The maximum absolute atomic E-state index is 12.9. The summed E-state index contributed by atoms with van der Waals surface area (Å²) in [5.41, 5.74) is 11.1. The minimum atomic E-state index is -1.07. The third-order valence-corrected chi connectivity index (χ3v) is 8.09. The fraction of sp³-hybridized carbons (Fsp3) is 0.903. The highest BCUT2D eigenvalue weighted by Crippen LogP contribution is 2.25. The van der Waals surface area contributed by atoms with Crippen molar-refractivity contribution in [2.75, 3.05) is 26.2 Å². The van der Waals surface area contributed by atoms with E-state index in [-0.39, 0.29) is 11.8 Å². The molecule has 0 aromatic heterocycles. The molecule has 2 atom stereocenters. The van der Waals surface area contributed by atoms with Gasteiger partial charge in [0, 0.05) is 13.0 Å². The number of aliphatic hydroxyl groups excluding tert-OH is 1. The number of amides is 3. The number of hydrogen-bond acceptors (Lipinski definition) is 6. The zero-order valence-electron chi connectivity index (χ0n) is 25.2. The first kappa shape index (κ1) is 36.3. The van der Waals surface area contributed by atoms with E-state index in [1.807, 2.05) is 0 Å². The summed E-state index contributed by atoms with van der Waals surface area (Å²) in [6, 6.07) is -1.78. The summed E-state index contributed by atoms with van der Waals surface area (Å²) in [6.45, 7) is 1.35. The van der Waals surface area contributed by atoms with Gasteiger partial charge in [0.2, 0.25) is 17.7 Å². The monoisotopic (exact) mass is 567 g/mol. The second kappa shape index (κ2) is 25.0. The van der Waals surface area contributed by atoms with Crippen molar-refractivity contribution in [2.45, 2.75) is 147 Å². The summed E-state index contributed by atoms with van der Waals surface area (Å²) in [4.78, 5) is 38.2. The smallest absolute Gasteiger partial charge is 0.245 e. The maximum atomic E-state index is 12.9. The molecule has 9 nitrogen and oxygen atoms in total. The first-order chi connectivity index (χ1) is 19.5. The van der Waals surface area contributed by atoms with Crippen LogP contribution < -0.4 is 27.4 Å². The van der Waals surface area contributed by atoms with Gasteiger partial charge in [0.25, 0.3) is 0 Å². The highest BCUT2D eigenvalue weighted by atomic mass is 16.3. The largest absolute Gasteiger partial charge is 0.394 e. The average molecular weight is 568 g/mol. The molecule has 3 amide bonds. The molecule has 1 fully saturated rings. The van der Waals surface area contributed by atoms with Crippen LogP contribution in [0.1, 0.15) is 135 Å². The molecule has 0 bridgehead atoms. The normalized spacial score (nSPS) is 16.0. The molecule has 0 heterocycles. The molecule has 0 aromatic rings. The SMILES string of the molecule is NCCCCCCCCCCC(=O)N[C@@H](CO)C(=O)N[C@@H](CCCCN)C(=O)NCCCC1CCCCCCC1. The number of nitrogens with two attached hydrogens (primary N) is 2. The average Bonchev–Trinajstić information content (AvgIpc) is 2.93. The van der Waals surface area contributed by atoms with E-state index in [0.717, 1.165) is 63.8 Å². The van der Waals surface area contributed by atoms with Crippen molar-refractivity contribution < 1.29 is 19.5 Å². The summed E-state index contributed by atoms with van der Waals surface area (Å²) in [5.74, 6) is -0.252. The third kappa shape index (κ3) is 18.6. The number of unbranched alkanes of at least 4 members (excludes halogenated alkanes) is 8. The molecule has 1 saturated carbocycles. The number of carbonyl (C=O) groups excluding carboxylic acids is 3. The van der Waals surface area contributed by atoms with E-state index in [0.29, 0.717) is 32.4 Å². The number of rotatable bonds is 23. The first-order valence-electron chi connectivity index (χ1n) is 16.4. The lowest BCUT2D eigenvalue weighted by Gasteiger charge is -2.23. The Morgan fingerprint density at radius 3 is 1.88 bits per heavy atom. The van der Waals surface area contributed by atoms with Crippen molar-refractivity contribution in [3.63, 3.8) is 0 Å². The van der Waals surface area contributed by atoms with E-state index < -0.39 is 24.6 Å². The fourth-order valence-electron chi connectivity index (χ4n) is 5.54. The Hall–Kier alpha value is -1.71. The lowest BCUT2D eigenvalue weighted by molar-refractivity contribution is -0.133. The van der Waals surface area contributed by atoms with E-state index in [1.54, 1.807) is 0 Å². The van der Waals surface area contributed by atoms with E-state index in [1.165, 1.54) is 64.2 Å². The van der Waals surface area contributed by atoms with E-state index >= 15 is 0 Å². The summed E-state index contributed by atoms with van der Waals surface area (Å²) in [6.07, 6.45) is 22.1. The summed E-state index contributed by atoms with van der Waals surface area (Å²) < 4.78 is 0. The Bertz CT molecular complexity index is 656. The second-order valence-corrected chi connectivity index (χ2v) is 11.7. The quantitative estimate of drug-likeness (QED) is 0.103. The zero-order valence-corrected chi connectivity index (χ0v) is 25.2. The molecule has 8 N–H and O–H groups in total. The lowest BCUT2D eigenvalue weighted by Crippen LogP contribution is -2.55. The molecular formula is C31H61N5O4. The number of hydrogen-bond donors (Lipinski definition) is 6. The fourth-order valence-corrected chi connectivity index (χ4v) is 5.54. The number of aliphatic hydroxyl groups is 1. The van der Waals surface area contributed by atoms with Crippen molar-refractivity contribution in [2.24, 2.45) is 17.4 Å². The summed E-state index contributed by atoms with van der Waals surface area (Å²) in [5, 5.41) is 18.2. The van der Waals surface area contributed by atoms with Crippen LogP contribution in [0.5, 0.6) is 0 Å². The Balaban J connectivity index is 2.40. The minimum absolute atomic E-state index is 0.214. The Morgan fingerprint density at radius 1 is 0.675 bits per heavy atom. The molecular weight excluding hydrogens is 506 g/mol. The van der Waals surface area contributed by atoms with Crippen molar-refractivity contribution in [1.82, 2.24) is 16.0 Å². The van der Waals surface area contributed by atoms with Crippen LogP contribution in [-0.4, -0.2) is 61.2 Å². The van der Waals surface area contributed by atoms with Crippen LogP contribution in [0, 0.1) is 5.92 Å². The summed E-state index contributed by atoms with van der Waals surface area (Å²) in [7, 11) is 0. The van der Waals surface area contributed by atoms with E-state index in [9.17, 15) is 19.5 Å². The van der Waals surface area contributed by atoms with Gasteiger partial charge in [-0.25, -0.2) is 0 Å². The topological polar surface area (TPSA) is 160 Å². The predicted octanol–water partition coefficient (Wildman–Crippen LogP) is 3.80. The molecule has 0 saturated heterocycles. The summed E-state index contributed by atoms with van der Waals surface area (Å²) >= 11 is 0. The predicted molar refractivity (Wildman–Crippen MR) is 163 cm³/mol. The van der Waals surface area contributed by atoms with Crippen molar-refractivity contribution in [1.29, 1.82) is 0 Å². The molecule has 1 rings (SSSR count). The minimum Gasteiger partial charge on any atom is -0.394 e. The highest BCUT2D eigenvalue weighted by Gasteiger charge is 2.26. The number of carbonyl (C=O) groups is 3. The van der Waals surface area contributed by atoms with Gasteiger partial charge in [-0.2, -0.15) is 0 Å². The van der Waals surface area contributed by atoms with Gasteiger partial charge < -0.3 is 32.5 Å². The van der Waals surface area contributed by atoms with Gasteiger partial charge in [0.15, 0.2) is 0 Å². The van der Waals surface area contributed by atoms with Gasteiger partial charge in [-0.15, -0.1) is 0 Å². The van der Waals surface area contributed by atoms with Gasteiger partial charge in [-0.1, -0.05) is 83.5 Å². The van der Waals surface area contributed by atoms with E-state index in [4.69, 9.17) is 11.5 Å². The van der Waals surface area contributed by atoms with Crippen LogP contribution in [0.4, 0.5) is 0 Å². The second-order valence-electron chi connectivity index (χ2n) is 11.7. The van der Waals surface area contributed by atoms with Crippen molar-refractivity contribution >= 4 is 17.7 Å². The first-order valence-corrected chi connectivity index (χ1v) is 16.4. The van der Waals surface area contributed by atoms with Crippen LogP contribution in [0.2, 0.25) is 0 Å². The molecule has 40 heavy (non-hydrogen) atoms. The van der Waals surface area contributed by atoms with Crippen molar-refractivity contribution in [3.05, 3.63) is 0 Å². The zero-order chi connectivity index (χ0) is 29.3. The Kier molecular flexibility index (Phi) is 22.7. The van der Waals surface area contributed by atoms with E-state index in [2.05, 4.69) is 16.0 Å². The van der Waals surface area contributed by atoms with Crippen LogP contribution in [-0.2, 0) is 14.4 Å². The van der Waals surface area contributed by atoms with Crippen molar-refractivity contribution in [3.8, 4) is 0 Å². The van der Waals surface area contributed by atoms with Gasteiger partial charge >= 0.3 is 0 Å². The molecule has 0 radical (unpaired) electrons. The molecule has 9 heteroatoms. The standard InChI is InChI=1S/C31H61N5O4/c32-22-14-9-4-2-1-3-8-12-21-29(38)35-28(25-37)31(40)36-27(20-13-15-23-33)30(39)34-24-16-19-26-17-10-6-5-7-11-18-26/h26-28,37H,1-25,32-33H2,(H,34,39)(H,35,38)(H,36,40)/t27-,28-/m0/s1. The third-order valence-electron chi connectivity index (χ3n) is 8.09. The lowest BCUT2D eigenvalue weighted by atomic mass is 9.88. The number of nitrogens with one attached hydrogen (secondary N) is 3. The molecule has 0 aliphatic heterocycles. The van der Waals surface area contributed by atoms with Gasteiger partial charge in [0.1, 0.15) is 12.1 Å². The molecule has 1 aliphatic carbocycles. The highest BCUT2D eigenvalue weighted by molar-refractivity contribution is 5.92. The van der Waals surface area contributed by atoms with Gasteiger partial charge in [-0.3, -0.25) is 14.4 Å².